The van der Waals surface area contributed by atoms with Crippen molar-refractivity contribution in [3.63, 3.8) is 0 Å². The molecular formula is C26H31NO4S. The molecule has 0 aliphatic carbocycles. The van der Waals surface area contributed by atoms with Crippen molar-refractivity contribution >= 4 is 29.1 Å². The maximum absolute atomic E-state index is 13.3. The Kier molecular flexibility index (Phi) is 8.53. The number of amides is 2. The number of carbonyl (C=O) groups is 2. The summed E-state index contributed by atoms with van der Waals surface area (Å²) in [5.41, 5.74) is 2.31. The van der Waals surface area contributed by atoms with Crippen molar-refractivity contribution in [2.75, 3.05) is 13.2 Å². The Morgan fingerprint density at radius 3 is 2.19 bits per heavy atom. The Balaban J connectivity index is 1.83. The Labute approximate surface area is 194 Å². The van der Waals surface area contributed by atoms with Crippen molar-refractivity contribution < 1.29 is 19.1 Å². The van der Waals surface area contributed by atoms with Gasteiger partial charge in [0.25, 0.3) is 11.8 Å². The molecule has 2 aromatic rings. The SMILES string of the molecule is CC(C)OCCCN1C(=O)C(SCc2ccccc2)=C(c2ccc(OC(C)C)cc2)C1=O. The van der Waals surface area contributed by atoms with E-state index in [2.05, 4.69) is 0 Å². The summed E-state index contributed by atoms with van der Waals surface area (Å²) >= 11 is 1.42. The Bertz CT molecular complexity index is 952. The normalized spacial score (nSPS) is 14.2. The summed E-state index contributed by atoms with van der Waals surface area (Å²) in [6.45, 7) is 8.73. The van der Waals surface area contributed by atoms with Crippen LogP contribution >= 0.6 is 11.8 Å². The molecule has 32 heavy (non-hydrogen) atoms. The van der Waals surface area contributed by atoms with Crippen molar-refractivity contribution in [2.45, 2.75) is 52.1 Å². The first-order chi connectivity index (χ1) is 15.4. The zero-order valence-electron chi connectivity index (χ0n) is 19.2. The third-order valence-electron chi connectivity index (χ3n) is 4.84. The van der Waals surface area contributed by atoms with Crippen LogP contribution in [0.15, 0.2) is 59.5 Å². The molecule has 1 aliphatic rings. The van der Waals surface area contributed by atoms with Crippen LogP contribution in [0.5, 0.6) is 5.75 Å². The van der Waals surface area contributed by atoms with Crippen molar-refractivity contribution in [1.82, 2.24) is 4.90 Å². The fourth-order valence-corrected chi connectivity index (χ4v) is 4.48. The van der Waals surface area contributed by atoms with E-state index in [4.69, 9.17) is 9.47 Å². The fourth-order valence-electron chi connectivity index (χ4n) is 3.39. The van der Waals surface area contributed by atoms with E-state index >= 15 is 0 Å². The monoisotopic (exact) mass is 453 g/mol. The predicted octanol–water partition coefficient (Wildman–Crippen LogP) is 5.30. The average Bonchev–Trinajstić information content (AvgIpc) is 3.00. The van der Waals surface area contributed by atoms with Crippen LogP contribution < -0.4 is 4.74 Å². The summed E-state index contributed by atoms with van der Waals surface area (Å²) in [4.78, 5) is 28.4. The number of ether oxygens (including phenoxy) is 2. The van der Waals surface area contributed by atoms with Gasteiger partial charge in [0.05, 0.1) is 22.7 Å². The van der Waals surface area contributed by atoms with E-state index in [0.717, 1.165) is 16.9 Å². The summed E-state index contributed by atoms with van der Waals surface area (Å²) in [7, 11) is 0. The van der Waals surface area contributed by atoms with Crippen molar-refractivity contribution in [2.24, 2.45) is 0 Å². The quantitative estimate of drug-likeness (QED) is 0.341. The smallest absolute Gasteiger partial charge is 0.267 e. The second-order valence-electron chi connectivity index (χ2n) is 8.20. The molecule has 0 saturated carbocycles. The predicted molar refractivity (Wildman–Crippen MR) is 129 cm³/mol. The second-order valence-corrected chi connectivity index (χ2v) is 9.19. The van der Waals surface area contributed by atoms with Gasteiger partial charge in [0, 0.05) is 18.9 Å². The number of hydrogen-bond acceptors (Lipinski definition) is 5. The molecule has 1 heterocycles. The first kappa shape index (κ1) is 24.1. The molecule has 0 unspecified atom stereocenters. The number of rotatable bonds is 11. The Morgan fingerprint density at radius 1 is 0.875 bits per heavy atom. The molecule has 0 radical (unpaired) electrons. The largest absolute Gasteiger partial charge is 0.491 e. The van der Waals surface area contributed by atoms with Crippen molar-refractivity contribution in [3.05, 3.63) is 70.6 Å². The second kappa shape index (κ2) is 11.3. The van der Waals surface area contributed by atoms with Crippen LogP contribution in [0.4, 0.5) is 0 Å². The molecule has 0 spiro atoms. The van der Waals surface area contributed by atoms with E-state index in [1.807, 2.05) is 82.3 Å². The maximum Gasteiger partial charge on any atom is 0.267 e. The van der Waals surface area contributed by atoms with E-state index in [1.54, 1.807) is 0 Å². The highest BCUT2D eigenvalue weighted by Gasteiger charge is 2.38. The van der Waals surface area contributed by atoms with Gasteiger partial charge in [0.1, 0.15) is 5.75 Å². The van der Waals surface area contributed by atoms with Gasteiger partial charge in [-0.3, -0.25) is 14.5 Å². The summed E-state index contributed by atoms with van der Waals surface area (Å²) in [5.74, 6) is 0.894. The molecule has 170 valence electrons. The lowest BCUT2D eigenvalue weighted by molar-refractivity contribution is -0.136. The number of benzene rings is 2. The fraction of sp³-hybridized carbons (Fsp3) is 0.385. The highest BCUT2D eigenvalue weighted by molar-refractivity contribution is 8.03. The topological polar surface area (TPSA) is 55.8 Å². The van der Waals surface area contributed by atoms with Gasteiger partial charge in [-0.2, -0.15) is 0 Å². The van der Waals surface area contributed by atoms with Crippen LogP contribution in [-0.2, 0) is 20.1 Å². The van der Waals surface area contributed by atoms with Gasteiger partial charge in [-0.05, 0) is 57.4 Å². The standard InChI is InChI=1S/C26H31NO4S/c1-18(2)30-16-8-15-27-25(28)23(21-11-13-22(14-12-21)31-19(3)4)24(26(27)29)32-17-20-9-6-5-7-10-20/h5-7,9-14,18-19H,8,15-17H2,1-4H3. The lowest BCUT2D eigenvalue weighted by Gasteiger charge is -2.16. The van der Waals surface area contributed by atoms with Crippen LogP contribution in [0.1, 0.15) is 45.2 Å². The van der Waals surface area contributed by atoms with Gasteiger partial charge in [-0.1, -0.05) is 42.5 Å². The Morgan fingerprint density at radius 2 is 1.56 bits per heavy atom. The van der Waals surface area contributed by atoms with Crippen LogP contribution in [0.3, 0.4) is 0 Å². The molecule has 0 atom stereocenters. The van der Waals surface area contributed by atoms with E-state index in [9.17, 15) is 9.59 Å². The van der Waals surface area contributed by atoms with Crippen LogP contribution in [-0.4, -0.2) is 42.1 Å². The summed E-state index contributed by atoms with van der Waals surface area (Å²) in [6, 6.07) is 17.4. The molecule has 0 bridgehead atoms. The van der Waals surface area contributed by atoms with Gasteiger partial charge in [-0.15, -0.1) is 11.8 Å². The zero-order valence-corrected chi connectivity index (χ0v) is 20.0. The average molecular weight is 454 g/mol. The van der Waals surface area contributed by atoms with Crippen LogP contribution in [0.2, 0.25) is 0 Å². The number of imide groups is 1. The molecule has 2 aromatic carbocycles. The number of carbonyl (C=O) groups excluding carboxylic acids is 2. The molecular weight excluding hydrogens is 422 g/mol. The van der Waals surface area contributed by atoms with Gasteiger partial charge < -0.3 is 9.47 Å². The minimum Gasteiger partial charge on any atom is -0.491 e. The zero-order chi connectivity index (χ0) is 23.1. The third-order valence-corrected chi connectivity index (χ3v) is 5.99. The number of nitrogens with zero attached hydrogens (tertiary/aromatic N) is 1. The first-order valence-electron chi connectivity index (χ1n) is 11.0. The minimum absolute atomic E-state index is 0.0651. The van der Waals surface area contributed by atoms with E-state index in [1.165, 1.54) is 16.7 Å². The highest BCUT2D eigenvalue weighted by atomic mass is 32.2. The molecule has 0 fully saturated rings. The molecule has 2 amide bonds. The number of thioether (sulfide) groups is 1. The van der Waals surface area contributed by atoms with Gasteiger partial charge in [0.15, 0.2) is 0 Å². The Hall–Kier alpha value is -2.57. The summed E-state index contributed by atoms with van der Waals surface area (Å²) in [6.07, 6.45) is 0.799. The third kappa shape index (κ3) is 6.24. The van der Waals surface area contributed by atoms with E-state index in [-0.39, 0.29) is 24.0 Å². The van der Waals surface area contributed by atoms with E-state index < -0.39 is 0 Å². The molecule has 6 heteroatoms. The van der Waals surface area contributed by atoms with Crippen molar-refractivity contribution in [3.8, 4) is 5.75 Å². The highest BCUT2D eigenvalue weighted by Crippen LogP contribution is 2.38. The lowest BCUT2D eigenvalue weighted by atomic mass is 10.1. The number of hydrogen-bond donors (Lipinski definition) is 0. The summed E-state index contributed by atoms with van der Waals surface area (Å²) in [5, 5.41) is 0. The minimum atomic E-state index is -0.243. The summed E-state index contributed by atoms with van der Waals surface area (Å²) < 4.78 is 11.3. The molecule has 5 nitrogen and oxygen atoms in total. The van der Waals surface area contributed by atoms with Gasteiger partial charge in [0.2, 0.25) is 0 Å². The maximum atomic E-state index is 13.3. The molecule has 1 aliphatic heterocycles. The molecule has 0 saturated heterocycles. The van der Waals surface area contributed by atoms with Gasteiger partial charge in [-0.25, -0.2) is 0 Å². The molecule has 0 aromatic heterocycles. The van der Waals surface area contributed by atoms with Crippen LogP contribution in [0.25, 0.3) is 5.57 Å². The first-order valence-corrected chi connectivity index (χ1v) is 12.0. The molecule has 0 N–H and O–H groups in total. The lowest BCUT2D eigenvalue weighted by Crippen LogP contribution is -2.33. The van der Waals surface area contributed by atoms with Crippen molar-refractivity contribution in [1.29, 1.82) is 0 Å². The van der Waals surface area contributed by atoms with Gasteiger partial charge >= 0.3 is 0 Å². The molecule has 3 rings (SSSR count). The van der Waals surface area contributed by atoms with E-state index in [0.29, 0.717) is 35.8 Å². The van der Waals surface area contributed by atoms with Crippen LogP contribution in [0, 0.1) is 0 Å².